The SMILES string of the molecule is CCc1ccc(N2CC(C(=O)NCCCCCCC(=O)O)CC2=O)cc1. The lowest BCUT2D eigenvalue weighted by molar-refractivity contribution is -0.137. The second kappa shape index (κ2) is 9.94. The van der Waals surface area contributed by atoms with Crippen molar-refractivity contribution in [2.75, 3.05) is 18.0 Å². The molecule has 1 fully saturated rings. The molecule has 1 aromatic carbocycles. The Labute approximate surface area is 154 Å². The Morgan fingerprint density at radius 3 is 2.50 bits per heavy atom. The number of carboxylic acids is 1. The zero-order valence-electron chi connectivity index (χ0n) is 15.4. The van der Waals surface area contributed by atoms with Crippen molar-refractivity contribution in [1.29, 1.82) is 0 Å². The summed E-state index contributed by atoms with van der Waals surface area (Å²) in [7, 11) is 0. The molecule has 1 heterocycles. The lowest BCUT2D eigenvalue weighted by atomic mass is 10.1. The highest BCUT2D eigenvalue weighted by molar-refractivity contribution is 6.00. The minimum Gasteiger partial charge on any atom is -0.481 e. The molecule has 1 saturated heterocycles. The third kappa shape index (κ3) is 5.86. The van der Waals surface area contributed by atoms with Crippen LogP contribution in [0, 0.1) is 5.92 Å². The molecule has 6 heteroatoms. The maximum absolute atomic E-state index is 12.3. The molecule has 1 unspecified atom stereocenters. The Morgan fingerprint density at radius 2 is 1.85 bits per heavy atom. The Hall–Kier alpha value is -2.37. The van der Waals surface area contributed by atoms with Gasteiger partial charge in [-0.3, -0.25) is 14.4 Å². The van der Waals surface area contributed by atoms with Crippen LogP contribution in [-0.2, 0) is 20.8 Å². The number of nitrogens with zero attached hydrogens (tertiary/aromatic N) is 1. The summed E-state index contributed by atoms with van der Waals surface area (Å²) in [5, 5.41) is 11.5. The van der Waals surface area contributed by atoms with Gasteiger partial charge in [-0.05, 0) is 37.0 Å². The van der Waals surface area contributed by atoms with E-state index in [0.29, 0.717) is 19.5 Å². The number of carboxylic acid groups (broad SMARTS) is 1. The highest BCUT2D eigenvalue weighted by Gasteiger charge is 2.34. The van der Waals surface area contributed by atoms with E-state index < -0.39 is 5.97 Å². The number of hydrogen-bond acceptors (Lipinski definition) is 3. The molecule has 2 rings (SSSR count). The minimum absolute atomic E-state index is 0.0110. The molecule has 2 amide bonds. The normalized spacial score (nSPS) is 16.7. The van der Waals surface area contributed by atoms with E-state index >= 15 is 0 Å². The molecular formula is C20H28N2O4. The number of hydrogen-bond donors (Lipinski definition) is 2. The zero-order valence-corrected chi connectivity index (χ0v) is 15.4. The summed E-state index contributed by atoms with van der Waals surface area (Å²) in [6.07, 6.45) is 4.65. The molecule has 0 aromatic heterocycles. The van der Waals surface area contributed by atoms with E-state index in [0.717, 1.165) is 31.4 Å². The van der Waals surface area contributed by atoms with Gasteiger partial charge in [0.15, 0.2) is 0 Å². The summed E-state index contributed by atoms with van der Waals surface area (Å²) in [5.74, 6) is -1.15. The number of amides is 2. The molecule has 1 aliphatic heterocycles. The Bertz CT molecular complexity index is 627. The number of rotatable bonds is 10. The summed E-state index contributed by atoms with van der Waals surface area (Å²) >= 11 is 0. The van der Waals surface area contributed by atoms with Crippen LogP contribution < -0.4 is 10.2 Å². The Kier molecular flexibility index (Phi) is 7.63. The number of anilines is 1. The fourth-order valence-corrected chi connectivity index (χ4v) is 3.16. The largest absolute Gasteiger partial charge is 0.481 e. The molecule has 1 atom stereocenters. The van der Waals surface area contributed by atoms with Gasteiger partial charge < -0.3 is 15.3 Å². The highest BCUT2D eigenvalue weighted by Crippen LogP contribution is 2.25. The molecular weight excluding hydrogens is 332 g/mol. The van der Waals surface area contributed by atoms with Gasteiger partial charge in [0.1, 0.15) is 0 Å². The van der Waals surface area contributed by atoms with E-state index in [-0.39, 0.29) is 30.6 Å². The van der Waals surface area contributed by atoms with Gasteiger partial charge in [0.05, 0.1) is 5.92 Å². The number of unbranched alkanes of at least 4 members (excludes halogenated alkanes) is 3. The number of carbonyl (C=O) groups is 3. The lowest BCUT2D eigenvalue weighted by Crippen LogP contribution is -2.33. The summed E-state index contributed by atoms with van der Waals surface area (Å²) in [5.41, 5.74) is 2.07. The van der Waals surface area contributed by atoms with E-state index in [9.17, 15) is 14.4 Å². The third-order valence-electron chi connectivity index (χ3n) is 4.77. The highest BCUT2D eigenvalue weighted by atomic mass is 16.4. The first-order valence-corrected chi connectivity index (χ1v) is 9.40. The maximum Gasteiger partial charge on any atom is 0.303 e. The summed E-state index contributed by atoms with van der Waals surface area (Å²) < 4.78 is 0. The van der Waals surface area contributed by atoms with Gasteiger partial charge in [-0.25, -0.2) is 0 Å². The van der Waals surface area contributed by atoms with Crippen molar-refractivity contribution in [2.24, 2.45) is 5.92 Å². The number of aliphatic carboxylic acids is 1. The summed E-state index contributed by atoms with van der Waals surface area (Å²) in [6, 6.07) is 7.91. The molecule has 0 aliphatic carbocycles. The minimum atomic E-state index is -0.766. The number of nitrogens with one attached hydrogen (secondary N) is 1. The fraction of sp³-hybridized carbons (Fsp3) is 0.550. The van der Waals surface area contributed by atoms with Crippen molar-refractivity contribution in [1.82, 2.24) is 5.32 Å². The smallest absolute Gasteiger partial charge is 0.303 e. The number of carbonyl (C=O) groups excluding carboxylic acids is 2. The predicted octanol–water partition coefficient (Wildman–Crippen LogP) is 2.75. The van der Waals surface area contributed by atoms with Crippen LogP contribution in [0.25, 0.3) is 0 Å². The molecule has 0 saturated carbocycles. The van der Waals surface area contributed by atoms with Crippen LogP contribution in [0.2, 0.25) is 0 Å². The first-order valence-electron chi connectivity index (χ1n) is 9.40. The van der Waals surface area contributed by atoms with E-state index in [1.165, 1.54) is 5.56 Å². The molecule has 0 spiro atoms. The van der Waals surface area contributed by atoms with Crippen molar-refractivity contribution in [3.8, 4) is 0 Å². The van der Waals surface area contributed by atoms with Crippen LogP contribution in [0.1, 0.15) is 51.0 Å². The van der Waals surface area contributed by atoms with Gasteiger partial charge in [0.25, 0.3) is 0 Å². The molecule has 142 valence electrons. The van der Waals surface area contributed by atoms with E-state index in [1.54, 1.807) is 4.90 Å². The standard InChI is InChI=1S/C20H28N2O4/c1-2-15-8-10-17(11-9-15)22-14-16(13-18(22)23)20(26)21-12-6-4-3-5-7-19(24)25/h8-11,16H,2-7,12-14H2,1H3,(H,21,26)(H,24,25). The van der Waals surface area contributed by atoms with Crippen LogP contribution in [-0.4, -0.2) is 36.0 Å². The monoisotopic (exact) mass is 360 g/mol. The van der Waals surface area contributed by atoms with Crippen LogP contribution in [0.3, 0.4) is 0 Å². The van der Waals surface area contributed by atoms with Crippen LogP contribution >= 0.6 is 0 Å². The quantitative estimate of drug-likeness (QED) is 0.628. The molecule has 1 aliphatic rings. The summed E-state index contributed by atoms with van der Waals surface area (Å²) in [6.45, 7) is 3.08. The van der Waals surface area contributed by atoms with Gasteiger partial charge in [-0.15, -0.1) is 0 Å². The Balaban J connectivity index is 1.71. The molecule has 6 nitrogen and oxygen atoms in total. The van der Waals surface area contributed by atoms with E-state index in [2.05, 4.69) is 12.2 Å². The first-order chi connectivity index (χ1) is 12.5. The van der Waals surface area contributed by atoms with Gasteiger partial charge in [-0.1, -0.05) is 31.9 Å². The maximum atomic E-state index is 12.3. The van der Waals surface area contributed by atoms with Crippen molar-refractivity contribution >= 4 is 23.5 Å². The molecule has 2 N–H and O–H groups in total. The van der Waals surface area contributed by atoms with Gasteiger partial charge in [-0.2, -0.15) is 0 Å². The second-order valence-electron chi connectivity index (χ2n) is 6.77. The van der Waals surface area contributed by atoms with Crippen LogP contribution in [0.5, 0.6) is 0 Å². The molecule has 0 radical (unpaired) electrons. The number of aryl methyl sites for hydroxylation is 1. The van der Waals surface area contributed by atoms with Gasteiger partial charge in [0, 0.05) is 31.6 Å². The van der Waals surface area contributed by atoms with Crippen LogP contribution in [0.15, 0.2) is 24.3 Å². The Morgan fingerprint density at radius 1 is 1.15 bits per heavy atom. The average molecular weight is 360 g/mol. The summed E-state index contributed by atoms with van der Waals surface area (Å²) in [4.78, 5) is 36.6. The topological polar surface area (TPSA) is 86.7 Å². The van der Waals surface area contributed by atoms with E-state index in [1.807, 2.05) is 24.3 Å². The van der Waals surface area contributed by atoms with Crippen molar-refractivity contribution in [3.63, 3.8) is 0 Å². The number of benzene rings is 1. The molecule has 26 heavy (non-hydrogen) atoms. The van der Waals surface area contributed by atoms with E-state index in [4.69, 9.17) is 5.11 Å². The first kappa shape index (κ1) is 19.9. The van der Waals surface area contributed by atoms with Gasteiger partial charge >= 0.3 is 5.97 Å². The van der Waals surface area contributed by atoms with Crippen LogP contribution in [0.4, 0.5) is 5.69 Å². The van der Waals surface area contributed by atoms with Crippen molar-refractivity contribution in [3.05, 3.63) is 29.8 Å². The zero-order chi connectivity index (χ0) is 18.9. The third-order valence-corrected chi connectivity index (χ3v) is 4.77. The van der Waals surface area contributed by atoms with Crippen molar-refractivity contribution < 1.29 is 19.5 Å². The molecule has 1 aromatic rings. The second-order valence-corrected chi connectivity index (χ2v) is 6.77. The fourth-order valence-electron chi connectivity index (χ4n) is 3.16. The average Bonchev–Trinajstić information content (AvgIpc) is 3.02. The molecule has 0 bridgehead atoms. The van der Waals surface area contributed by atoms with Crippen molar-refractivity contribution in [2.45, 2.75) is 51.9 Å². The predicted molar refractivity (Wildman–Crippen MR) is 100 cm³/mol. The van der Waals surface area contributed by atoms with Gasteiger partial charge in [0.2, 0.25) is 11.8 Å². The lowest BCUT2D eigenvalue weighted by Gasteiger charge is -2.17.